The molecule has 43 heavy (non-hydrogen) atoms. The number of ether oxygens (including phenoxy) is 2. The van der Waals surface area contributed by atoms with Crippen molar-refractivity contribution in [3.8, 4) is 45.4 Å². The fraction of sp³-hybridized carbons (Fsp3) is 0.226. The third kappa shape index (κ3) is 4.81. The Labute approximate surface area is 245 Å². The van der Waals surface area contributed by atoms with Crippen molar-refractivity contribution in [1.82, 2.24) is 40.4 Å². The second-order valence-electron chi connectivity index (χ2n) is 10.8. The van der Waals surface area contributed by atoms with Gasteiger partial charge >= 0.3 is 0 Å². The average Bonchev–Trinajstić information content (AvgIpc) is 3.79. The van der Waals surface area contributed by atoms with Crippen molar-refractivity contribution in [2.75, 3.05) is 25.2 Å². The van der Waals surface area contributed by atoms with E-state index in [1.165, 1.54) is 0 Å². The number of carbonyl (C=O) groups is 1. The van der Waals surface area contributed by atoms with Crippen LogP contribution < -0.4 is 20.1 Å². The second kappa shape index (κ2) is 10.5. The molecule has 7 heterocycles. The molecule has 0 unspecified atom stereocenters. The molecule has 1 saturated heterocycles. The van der Waals surface area contributed by atoms with E-state index in [1.807, 2.05) is 42.5 Å². The van der Waals surface area contributed by atoms with Crippen LogP contribution in [-0.4, -0.2) is 60.9 Å². The highest BCUT2D eigenvalue weighted by Gasteiger charge is 2.20. The molecule has 1 amide bonds. The van der Waals surface area contributed by atoms with Crippen molar-refractivity contribution in [1.29, 1.82) is 0 Å². The van der Waals surface area contributed by atoms with Crippen LogP contribution in [0.25, 0.3) is 56.1 Å². The van der Waals surface area contributed by atoms with Crippen LogP contribution in [0.2, 0.25) is 0 Å². The van der Waals surface area contributed by atoms with Crippen molar-refractivity contribution < 1.29 is 14.3 Å². The lowest BCUT2D eigenvalue weighted by atomic mass is 9.94. The number of aromatic amines is 2. The first-order valence-corrected chi connectivity index (χ1v) is 14.2. The number of aromatic nitrogens is 7. The van der Waals surface area contributed by atoms with E-state index in [9.17, 15) is 4.79 Å². The topological polar surface area (TPSA) is 156 Å². The number of H-pyrrole nitrogens is 2. The summed E-state index contributed by atoms with van der Waals surface area (Å²) >= 11 is 0. The Kier molecular flexibility index (Phi) is 6.18. The van der Waals surface area contributed by atoms with Gasteiger partial charge in [-0.25, -0.2) is 15.0 Å². The lowest BCUT2D eigenvalue weighted by Crippen LogP contribution is -2.30. The fourth-order valence-corrected chi connectivity index (χ4v) is 5.76. The molecule has 5 aromatic heterocycles. The Morgan fingerprint density at radius 1 is 0.977 bits per heavy atom. The van der Waals surface area contributed by atoms with Gasteiger partial charge in [-0.2, -0.15) is 5.10 Å². The van der Waals surface area contributed by atoms with E-state index in [4.69, 9.17) is 19.4 Å². The molecule has 0 bridgehead atoms. The van der Waals surface area contributed by atoms with E-state index in [1.54, 1.807) is 18.6 Å². The number of amides is 1. The molecule has 12 nitrogen and oxygen atoms in total. The summed E-state index contributed by atoms with van der Waals surface area (Å²) in [6, 6.07) is 13.5. The Morgan fingerprint density at radius 3 is 2.81 bits per heavy atom. The Hall–Kier alpha value is -5.36. The van der Waals surface area contributed by atoms with Gasteiger partial charge in [-0.3, -0.25) is 14.9 Å². The predicted octanol–water partition coefficient (Wildman–Crippen LogP) is 4.68. The summed E-state index contributed by atoms with van der Waals surface area (Å²) < 4.78 is 11.0. The van der Waals surface area contributed by atoms with Crippen LogP contribution in [0.1, 0.15) is 19.3 Å². The Bertz CT molecular complexity index is 1990. The van der Waals surface area contributed by atoms with Gasteiger partial charge in [0.15, 0.2) is 28.7 Å². The average molecular weight is 574 g/mol. The summed E-state index contributed by atoms with van der Waals surface area (Å²) in [7, 11) is 0. The number of carbonyl (C=O) groups excluding carboxylic acids is 1. The van der Waals surface area contributed by atoms with E-state index in [0.717, 1.165) is 59.4 Å². The van der Waals surface area contributed by atoms with Crippen molar-refractivity contribution >= 4 is 33.8 Å². The highest BCUT2D eigenvalue weighted by molar-refractivity contribution is 5.95. The molecule has 12 heteroatoms. The van der Waals surface area contributed by atoms with Crippen LogP contribution in [0.3, 0.4) is 0 Å². The van der Waals surface area contributed by atoms with Crippen molar-refractivity contribution in [2.24, 2.45) is 5.92 Å². The highest BCUT2D eigenvalue weighted by Crippen LogP contribution is 2.38. The summed E-state index contributed by atoms with van der Waals surface area (Å²) in [6.45, 7) is 2.14. The van der Waals surface area contributed by atoms with Gasteiger partial charge in [0.05, 0.1) is 28.6 Å². The Morgan fingerprint density at radius 2 is 1.88 bits per heavy atom. The number of piperidine rings is 1. The minimum atomic E-state index is 0.00462. The molecule has 0 saturated carbocycles. The zero-order valence-electron chi connectivity index (χ0n) is 23.1. The normalized spacial score (nSPS) is 14.9. The maximum Gasteiger partial charge on any atom is 0.231 e. The summed E-state index contributed by atoms with van der Waals surface area (Å²) in [5, 5.41) is 13.9. The molecule has 0 radical (unpaired) electrons. The molecule has 6 aromatic rings. The van der Waals surface area contributed by atoms with Crippen LogP contribution in [0.5, 0.6) is 11.5 Å². The molecular weight excluding hydrogens is 546 g/mol. The molecule has 1 fully saturated rings. The number of nitrogens with zero attached hydrogens (tertiary/aromatic N) is 5. The fourth-order valence-electron chi connectivity index (χ4n) is 5.76. The number of rotatable bonds is 6. The number of imidazole rings is 1. The molecule has 2 aliphatic rings. The van der Waals surface area contributed by atoms with Gasteiger partial charge in [0.25, 0.3) is 0 Å². The first-order valence-electron chi connectivity index (χ1n) is 14.2. The number of fused-ring (bicyclic) bond motifs is 3. The lowest BCUT2D eigenvalue weighted by Gasteiger charge is -2.21. The second-order valence-corrected chi connectivity index (χ2v) is 10.8. The van der Waals surface area contributed by atoms with Crippen LogP contribution in [0.4, 0.5) is 5.69 Å². The molecule has 0 aliphatic carbocycles. The minimum Gasteiger partial charge on any atom is -0.454 e. The van der Waals surface area contributed by atoms with Gasteiger partial charge < -0.3 is 25.1 Å². The number of hydrogen-bond acceptors (Lipinski definition) is 9. The minimum absolute atomic E-state index is 0.00462. The van der Waals surface area contributed by atoms with Crippen molar-refractivity contribution in [2.45, 2.75) is 19.3 Å². The van der Waals surface area contributed by atoms with E-state index in [0.29, 0.717) is 52.2 Å². The monoisotopic (exact) mass is 573 g/mol. The van der Waals surface area contributed by atoms with Crippen LogP contribution in [-0.2, 0) is 4.79 Å². The zero-order valence-corrected chi connectivity index (χ0v) is 23.1. The standard InChI is InChI=1S/C31H27N9O3/c41-26(11-17-5-8-32-9-6-17)35-20-12-19(14-33-15-20)22-2-3-23-28(36-22)29(40-39-23)31-37-27-21(7-10-34-30(27)38-31)18-1-4-24-25(13-18)43-16-42-24/h1-4,7,10,12-15,17,32H,5-6,8-9,11,16H2,(H,35,41)(H,39,40)(H,34,37,38). The van der Waals surface area contributed by atoms with Crippen LogP contribution in [0, 0.1) is 5.92 Å². The summed E-state index contributed by atoms with van der Waals surface area (Å²) in [4.78, 5) is 34.6. The smallest absolute Gasteiger partial charge is 0.231 e. The molecule has 8 rings (SSSR count). The lowest BCUT2D eigenvalue weighted by molar-refractivity contribution is -0.117. The highest BCUT2D eigenvalue weighted by atomic mass is 16.7. The summed E-state index contributed by atoms with van der Waals surface area (Å²) in [5.41, 5.74) is 7.35. The van der Waals surface area contributed by atoms with Gasteiger partial charge in [-0.05, 0) is 73.8 Å². The zero-order chi connectivity index (χ0) is 28.8. The maximum absolute atomic E-state index is 12.7. The first kappa shape index (κ1) is 25.4. The number of pyridine rings is 3. The molecule has 2 aliphatic heterocycles. The van der Waals surface area contributed by atoms with Crippen molar-refractivity contribution in [3.63, 3.8) is 0 Å². The number of nitrogens with one attached hydrogen (secondary N) is 4. The molecule has 0 atom stereocenters. The van der Waals surface area contributed by atoms with E-state index >= 15 is 0 Å². The van der Waals surface area contributed by atoms with E-state index in [-0.39, 0.29) is 12.7 Å². The van der Waals surface area contributed by atoms with E-state index < -0.39 is 0 Å². The van der Waals surface area contributed by atoms with Crippen LogP contribution in [0.15, 0.2) is 61.1 Å². The Balaban J connectivity index is 1.10. The molecule has 214 valence electrons. The van der Waals surface area contributed by atoms with Gasteiger partial charge in [0.2, 0.25) is 12.7 Å². The quantitative estimate of drug-likeness (QED) is 0.222. The predicted molar refractivity (Wildman–Crippen MR) is 160 cm³/mol. The van der Waals surface area contributed by atoms with Gasteiger partial charge in [-0.1, -0.05) is 6.07 Å². The van der Waals surface area contributed by atoms with Gasteiger partial charge in [0, 0.05) is 29.9 Å². The molecule has 0 spiro atoms. The largest absolute Gasteiger partial charge is 0.454 e. The van der Waals surface area contributed by atoms with Gasteiger partial charge in [0.1, 0.15) is 5.52 Å². The molecule has 1 aromatic carbocycles. The van der Waals surface area contributed by atoms with Crippen LogP contribution >= 0.6 is 0 Å². The molecule has 4 N–H and O–H groups in total. The summed E-state index contributed by atoms with van der Waals surface area (Å²) in [6.07, 6.45) is 7.67. The number of hydrogen-bond donors (Lipinski definition) is 4. The van der Waals surface area contributed by atoms with E-state index in [2.05, 4.69) is 35.8 Å². The van der Waals surface area contributed by atoms with Crippen molar-refractivity contribution in [3.05, 3.63) is 61.1 Å². The summed E-state index contributed by atoms with van der Waals surface area (Å²) in [5.74, 6) is 2.39. The maximum atomic E-state index is 12.7. The third-order valence-electron chi connectivity index (χ3n) is 7.96. The number of benzene rings is 1. The third-order valence-corrected chi connectivity index (χ3v) is 7.96. The molecular formula is C31H27N9O3. The first-order chi connectivity index (χ1) is 21.2. The number of anilines is 1. The van der Waals surface area contributed by atoms with Gasteiger partial charge in [-0.15, -0.1) is 0 Å². The SMILES string of the molecule is O=C(CC1CCNCC1)Nc1cncc(-c2ccc3[nH]nc(-c4nc5nccc(-c6ccc7c(c6)OCO7)c5[nH]4)c3n2)c1.